The molecule has 4 heterocycles. The van der Waals surface area contributed by atoms with Crippen LogP contribution in [0.2, 0.25) is 0 Å². The molecular weight excluding hydrogens is 388 g/mol. The lowest BCUT2D eigenvalue weighted by Crippen LogP contribution is -2.40. The summed E-state index contributed by atoms with van der Waals surface area (Å²) in [7, 11) is 0. The first kappa shape index (κ1) is 20.6. The molecule has 0 bridgehead atoms. The van der Waals surface area contributed by atoms with E-state index in [4.69, 9.17) is 19.1 Å². The summed E-state index contributed by atoms with van der Waals surface area (Å²) in [6.45, 7) is 6.66. The van der Waals surface area contributed by atoms with Crippen molar-refractivity contribution in [3.8, 4) is 0 Å². The van der Waals surface area contributed by atoms with Crippen molar-refractivity contribution in [1.82, 2.24) is 20.3 Å². The van der Waals surface area contributed by atoms with Gasteiger partial charge < -0.3 is 19.3 Å². The van der Waals surface area contributed by atoms with Gasteiger partial charge in [-0.2, -0.15) is 5.10 Å². The largest absolute Gasteiger partial charge is 0.462 e. The summed E-state index contributed by atoms with van der Waals surface area (Å²) in [5.41, 5.74) is 3.40. The van der Waals surface area contributed by atoms with Crippen LogP contribution in [0.25, 0.3) is 0 Å². The first-order chi connectivity index (χ1) is 14.5. The number of ether oxygens (including phenoxy) is 2. The third kappa shape index (κ3) is 3.98. The Morgan fingerprint density at radius 2 is 2.17 bits per heavy atom. The SMILES string of the molecule is CCc1nn(CCCOC(=O)c2conc2C)c2c1C(=O)NCC1(CCOCC1)C2. The van der Waals surface area contributed by atoms with E-state index in [0.29, 0.717) is 37.2 Å². The van der Waals surface area contributed by atoms with E-state index in [1.807, 2.05) is 11.6 Å². The molecule has 1 amide bonds. The maximum absolute atomic E-state index is 12.8. The molecular formula is C21H28N4O5. The zero-order valence-corrected chi connectivity index (χ0v) is 17.5. The number of rotatable bonds is 6. The van der Waals surface area contributed by atoms with Gasteiger partial charge in [0, 0.05) is 32.7 Å². The molecule has 1 spiro atoms. The number of aromatic nitrogens is 3. The van der Waals surface area contributed by atoms with E-state index in [-0.39, 0.29) is 17.9 Å². The maximum Gasteiger partial charge on any atom is 0.343 e. The average molecular weight is 416 g/mol. The van der Waals surface area contributed by atoms with Crippen LogP contribution in [0.4, 0.5) is 0 Å². The second-order valence-corrected chi connectivity index (χ2v) is 8.12. The van der Waals surface area contributed by atoms with Crippen LogP contribution in [0.5, 0.6) is 0 Å². The fourth-order valence-electron chi connectivity index (χ4n) is 4.30. The minimum absolute atomic E-state index is 0.0141. The Hall–Kier alpha value is -2.68. The second-order valence-electron chi connectivity index (χ2n) is 8.12. The van der Waals surface area contributed by atoms with Gasteiger partial charge in [0.15, 0.2) is 0 Å². The summed E-state index contributed by atoms with van der Waals surface area (Å²) >= 11 is 0. The number of hydrogen-bond acceptors (Lipinski definition) is 7. The van der Waals surface area contributed by atoms with Gasteiger partial charge in [0.1, 0.15) is 11.8 Å². The van der Waals surface area contributed by atoms with Crippen molar-refractivity contribution in [2.75, 3.05) is 26.4 Å². The van der Waals surface area contributed by atoms with Crippen molar-refractivity contribution in [3.05, 3.63) is 34.5 Å². The van der Waals surface area contributed by atoms with Gasteiger partial charge in [-0.1, -0.05) is 12.1 Å². The number of nitrogens with one attached hydrogen (secondary N) is 1. The number of aryl methyl sites for hydroxylation is 3. The first-order valence-electron chi connectivity index (χ1n) is 10.6. The van der Waals surface area contributed by atoms with Crippen molar-refractivity contribution in [2.24, 2.45) is 5.41 Å². The van der Waals surface area contributed by atoms with Gasteiger partial charge in [0.05, 0.1) is 29.3 Å². The molecule has 2 aromatic heterocycles. The summed E-state index contributed by atoms with van der Waals surface area (Å²) in [6.07, 6.45) is 5.25. The van der Waals surface area contributed by atoms with Crippen LogP contribution in [0, 0.1) is 12.3 Å². The molecule has 1 saturated heterocycles. The molecule has 30 heavy (non-hydrogen) atoms. The summed E-state index contributed by atoms with van der Waals surface area (Å²) in [6, 6.07) is 0. The van der Waals surface area contributed by atoms with E-state index in [9.17, 15) is 9.59 Å². The quantitative estimate of drug-likeness (QED) is 0.567. The van der Waals surface area contributed by atoms with Crippen LogP contribution in [0.15, 0.2) is 10.8 Å². The van der Waals surface area contributed by atoms with Gasteiger partial charge >= 0.3 is 5.97 Å². The molecule has 2 aromatic rings. The average Bonchev–Trinajstić information content (AvgIpc) is 3.29. The molecule has 2 aliphatic heterocycles. The summed E-state index contributed by atoms with van der Waals surface area (Å²) < 4.78 is 17.6. The molecule has 1 N–H and O–H groups in total. The van der Waals surface area contributed by atoms with Crippen LogP contribution in [0.3, 0.4) is 0 Å². The fourth-order valence-corrected chi connectivity index (χ4v) is 4.30. The molecule has 2 aliphatic rings. The smallest absolute Gasteiger partial charge is 0.343 e. The van der Waals surface area contributed by atoms with E-state index < -0.39 is 5.97 Å². The van der Waals surface area contributed by atoms with E-state index in [1.54, 1.807) is 6.92 Å². The van der Waals surface area contributed by atoms with Crippen molar-refractivity contribution in [1.29, 1.82) is 0 Å². The van der Waals surface area contributed by atoms with Gasteiger partial charge in [0.2, 0.25) is 0 Å². The Morgan fingerprint density at radius 3 is 2.87 bits per heavy atom. The van der Waals surface area contributed by atoms with Crippen LogP contribution in [-0.4, -0.2) is 53.2 Å². The van der Waals surface area contributed by atoms with Gasteiger partial charge in [-0.25, -0.2) is 4.79 Å². The predicted octanol–water partition coefficient (Wildman–Crippen LogP) is 2.07. The Morgan fingerprint density at radius 1 is 1.37 bits per heavy atom. The van der Waals surface area contributed by atoms with E-state index in [2.05, 4.69) is 10.5 Å². The lowest BCUT2D eigenvalue weighted by atomic mass is 9.76. The monoisotopic (exact) mass is 416 g/mol. The Kier molecular flexibility index (Phi) is 5.90. The number of esters is 1. The topological polar surface area (TPSA) is 108 Å². The Balaban J connectivity index is 1.47. The van der Waals surface area contributed by atoms with Gasteiger partial charge in [-0.15, -0.1) is 0 Å². The number of hydrogen-bond donors (Lipinski definition) is 1. The number of carbonyl (C=O) groups is 2. The predicted molar refractivity (Wildman–Crippen MR) is 106 cm³/mol. The zero-order valence-electron chi connectivity index (χ0n) is 17.5. The third-order valence-corrected chi connectivity index (χ3v) is 6.13. The van der Waals surface area contributed by atoms with E-state index in [0.717, 1.165) is 49.4 Å². The Bertz CT molecular complexity index is 926. The molecule has 0 radical (unpaired) electrons. The lowest BCUT2D eigenvalue weighted by molar-refractivity contribution is 0.0152. The molecule has 0 unspecified atom stereocenters. The van der Waals surface area contributed by atoms with Crippen molar-refractivity contribution in [2.45, 2.75) is 52.5 Å². The number of carbonyl (C=O) groups excluding carboxylic acids is 2. The van der Waals surface area contributed by atoms with Crippen LogP contribution in [-0.2, 0) is 28.9 Å². The summed E-state index contributed by atoms with van der Waals surface area (Å²) in [4.78, 5) is 24.9. The first-order valence-corrected chi connectivity index (χ1v) is 10.6. The molecule has 0 aromatic carbocycles. The van der Waals surface area contributed by atoms with E-state index >= 15 is 0 Å². The minimum atomic E-state index is -0.442. The summed E-state index contributed by atoms with van der Waals surface area (Å²) in [5, 5.41) is 11.5. The highest BCUT2D eigenvalue weighted by atomic mass is 16.5. The minimum Gasteiger partial charge on any atom is -0.462 e. The Labute approximate surface area is 175 Å². The number of nitrogens with zero attached hydrogens (tertiary/aromatic N) is 3. The van der Waals surface area contributed by atoms with Gasteiger partial charge in [-0.05, 0) is 38.0 Å². The van der Waals surface area contributed by atoms with E-state index in [1.165, 1.54) is 6.26 Å². The molecule has 0 atom stereocenters. The highest BCUT2D eigenvalue weighted by Crippen LogP contribution is 2.37. The third-order valence-electron chi connectivity index (χ3n) is 6.13. The number of amides is 1. The van der Waals surface area contributed by atoms with Crippen LogP contribution < -0.4 is 5.32 Å². The highest BCUT2D eigenvalue weighted by molar-refractivity contribution is 5.97. The van der Waals surface area contributed by atoms with Crippen LogP contribution >= 0.6 is 0 Å². The fraction of sp³-hybridized carbons (Fsp3) is 0.619. The van der Waals surface area contributed by atoms with Crippen molar-refractivity contribution in [3.63, 3.8) is 0 Å². The number of fused-ring (bicyclic) bond motifs is 1. The van der Waals surface area contributed by atoms with Gasteiger partial charge in [0.25, 0.3) is 5.91 Å². The van der Waals surface area contributed by atoms with Gasteiger partial charge in [-0.3, -0.25) is 9.48 Å². The second kappa shape index (κ2) is 8.59. The molecule has 4 rings (SSSR count). The molecule has 9 heteroatoms. The maximum atomic E-state index is 12.8. The molecule has 0 aliphatic carbocycles. The van der Waals surface area contributed by atoms with Crippen molar-refractivity contribution >= 4 is 11.9 Å². The summed E-state index contributed by atoms with van der Waals surface area (Å²) in [5.74, 6) is -0.478. The van der Waals surface area contributed by atoms with Crippen molar-refractivity contribution < 1.29 is 23.6 Å². The lowest BCUT2D eigenvalue weighted by Gasteiger charge is -2.36. The van der Waals surface area contributed by atoms with Crippen LogP contribution in [0.1, 0.15) is 64.0 Å². The molecule has 1 fully saturated rings. The molecule has 162 valence electrons. The zero-order chi connectivity index (χ0) is 21.1. The normalized spacial score (nSPS) is 18.0. The molecule has 0 saturated carbocycles. The molecule has 9 nitrogen and oxygen atoms in total. The standard InChI is InChI=1S/C21H28N4O5/c1-3-16-18-17(11-21(13-22-19(18)26)5-9-28-10-6-21)25(23-16)7-4-8-29-20(27)15-12-30-24-14(15)2/h12H,3-11,13H2,1-2H3,(H,22,26). The highest BCUT2D eigenvalue weighted by Gasteiger charge is 2.39.